The van der Waals surface area contributed by atoms with E-state index >= 15 is 0 Å². The number of benzene rings is 1. The second-order valence-corrected chi connectivity index (χ2v) is 4.58. The SMILES string of the molecule is C[C@H]1CNCCN1C(=O)c1ccc(F)cc1Cl. The zero-order valence-corrected chi connectivity index (χ0v) is 10.3. The Hall–Kier alpha value is -1.13. The summed E-state index contributed by atoms with van der Waals surface area (Å²) in [6.07, 6.45) is 0. The van der Waals surface area contributed by atoms with Crippen molar-refractivity contribution >= 4 is 17.5 Å². The molecular weight excluding hydrogens is 243 g/mol. The maximum Gasteiger partial charge on any atom is 0.255 e. The van der Waals surface area contributed by atoms with Crippen LogP contribution >= 0.6 is 11.6 Å². The molecule has 1 saturated heterocycles. The van der Waals surface area contributed by atoms with Gasteiger partial charge in [-0.25, -0.2) is 4.39 Å². The Bertz CT molecular complexity index is 439. The first-order valence-corrected chi connectivity index (χ1v) is 5.94. The van der Waals surface area contributed by atoms with Crippen LogP contribution in [0.4, 0.5) is 4.39 Å². The van der Waals surface area contributed by atoms with E-state index in [1.807, 2.05) is 6.92 Å². The second kappa shape index (κ2) is 5.02. The van der Waals surface area contributed by atoms with Crippen LogP contribution in [0.1, 0.15) is 17.3 Å². The molecule has 1 aromatic carbocycles. The molecule has 2 rings (SSSR count). The van der Waals surface area contributed by atoms with Gasteiger partial charge in [0.05, 0.1) is 10.6 Å². The minimum absolute atomic E-state index is 0.123. The number of amides is 1. The Morgan fingerprint density at radius 3 is 3.00 bits per heavy atom. The largest absolute Gasteiger partial charge is 0.333 e. The molecule has 0 bridgehead atoms. The van der Waals surface area contributed by atoms with E-state index in [-0.39, 0.29) is 17.0 Å². The average Bonchev–Trinajstić information content (AvgIpc) is 2.29. The molecule has 0 radical (unpaired) electrons. The molecule has 17 heavy (non-hydrogen) atoms. The van der Waals surface area contributed by atoms with E-state index in [1.54, 1.807) is 4.90 Å². The summed E-state index contributed by atoms with van der Waals surface area (Å²) in [5, 5.41) is 3.38. The van der Waals surface area contributed by atoms with Crippen molar-refractivity contribution in [2.24, 2.45) is 0 Å². The number of carbonyl (C=O) groups is 1. The summed E-state index contributed by atoms with van der Waals surface area (Å²) in [5.74, 6) is -0.566. The normalized spacial score (nSPS) is 20.4. The summed E-state index contributed by atoms with van der Waals surface area (Å²) < 4.78 is 12.9. The first-order chi connectivity index (χ1) is 8.09. The minimum Gasteiger partial charge on any atom is -0.333 e. The van der Waals surface area contributed by atoms with Gasteiger partial charge in [0, 0.05) is 25.7 Å². The van der Waals surface area contributed by atoms with Crippen molar-refractivity contribution in [1.82, 2.24) is 10.2 Å². The van der Waals surface area contributed by atoms with Gasteiger partial charge in [-0.05, 0) is 25.1 Å². The van der Waals surface area contributed by atoms with Gasteiger partial charge in [-0.1, -0.05) is 11.6 Å². The topological polar surface area (TPSA) is 32.3 Å². The summed E-state index contributed by atoms with van der Waals surface area (Å²) in [6, 6.07) is 3.99. The second-order valence-electron chi connectivity index (χ2n) is 4.18. The molecule has 0 unspecified atom stereocenters. The van der Waals surface area contributed by atoms with Crippen LogP contribution in [0, 0.1) is 5.82 Å². The lowest BCUT2D eigenvalue weighted by molar-refractivity contribution is 0.0656. The van der Waals surface area contributed by atoms with Crippen molar-refractivity contribution in [3.8, 4) is 0 Å². The Kier molecular flexibility index (Phi) is 3.64. The van der Waals surface area contributed by atoms with Crippen molar-refractivity contribution in [2.45, 2.75) is 13.0 Å². The summed E-state index contributed by atoms with van der Waals surface area (Å²) in [6.45, 7) is 4.16. The van der Waals surface area contributed by atoms with Crippen LogP contribution in [-0.2, 0) is 0 Å². The molecule has 5 heteroatoms. The van der Waals surface area contributed by atoms with Gasteiger partial charge in [-0.2, -0.15) is 0 Å². The number of nitrogens with one attached hydrogen (secondary N) is 1. The van der Waals surface area contributed by atoms with E-state index in [0.29, 0.717) is 12.1 Å². The van der Waals surface area contributed by atoms with Crippen molar-refractivity contribution in [3.05, 3.63) is 34.6 Å². The molecule has 0 saturated carbocycles. The van der Waals surface area contributed by atoms with Crippen LogP contribution in [0.2, 0.25) is 5.02 Å². The zero-order chi connectivity index (χ0) is 12.4. The van der Waals surface area contributed by atoms with Gasteiger partial charge in [-0.3, -0.25) is 4.79 Å². The molecule has 3 nitrogen and oxygen atoms in total. The molecule has 1 N–H and O–H groups in total. The van der Waals surface area contributed by atoms with Gasteiger partial charge in [0.15, 0.2) is 0 Å². The lowest BCUT2D eigenvalue weighted by atomic mass is 10.1. The Morgan fingerprint density at radius 1 is 1.59 bits per heavy atom. The summed E-state index contributed by atoms with van der Waals surface area (Å²) in [4.78, 5) is 14.0. The predicted molar refractivity (Wildman–Crippen MR) is 64.8 cm³/mol. The molecule has 1 atom stereocenters. The fourth-order valence-corrected chi connectivity index (χ4v) is 2.21. The van der Waals surface area contributed by atoms with E-state index in [1.165, 1.54) is 18.2 Å². The number of halogens is 2. The molecule has 1 aromatic rings. The number of hydrogen-bond donors (Lipinski definition) is 1. The monoisotopic (exact) mass is 256 g/mol. The summed E-state index contributed by atoms with van der Waals surface area (Å²) >= 11 is 5.89. The van der Waals surface area contributed by atoms with Crippen molar-refractivity contribution in [2.75, 3.05) is 19.6 Å². The van der Waals surface area contributed by atoms with Gasteiger partial charge in [-0.15, -0.1) is 0 Å². The highest BCUT2D eigenvalue weighted by Gasteiger charge is 2.25. The minimum atomic E-state index is -0.431. The van der Waals surface area contributed by atoms with E-state index < -0.39 is 5.82 Å². The molecule has 0 aliphatic carbocycles. The summed E-state index contributed by atoms with van der Waals surface area (Å²) in [7, 11) is 0. The highest BCUT2D eigenvalue weighted by molar-refractivity contribution is 6.33. The number of nitrogens with zero attached hydrogens (tertiary/aromatic N) is 1. The smallest absolute Gasteiger partial charge is 0.255 e. The van der Waals surface area contributed by atoms with E-state index in [0.717, 1.165) is 13.1 Å². The predicted octanol–water partition coefficient (Wildman–Crippen LogP) is 1.91. The highest BCUT2D eigenvalue weighted by Crippen LogP contribution is 2.20. The van der Waals surface area contributed by atoms with Crippen LogP contribution in [0.25, 0.3) is 0 Å². The summed E-state index contributed by atoms with van der Waals surface area (Å²) in [5.41, 5.74) is 0.363. The van der Waals surface area contributed by atoms with Gasteiger partial charge in [0.2, 0.25) is 0 Å². The van der Waals surface area contributed by atoms with Gasteiger partial charge < -0.3 is 10.2 Å². The van der Waals surface area contributed by atoms with E-state index in [4.69, 9.17) is 11.6 Å². The number of carbonyl (C=O) groups excluding carboxylic acids is 1. The van der Waals surface area contributed by atoms with Crippen LogP contribution in [0.15, 0.2) is 18.2 Å². The van der Waals surface area contributed by atoms with Crippen molar-refractivity contribution in [1.29, 1.82) is 0 Å². The fourth-order valence-electron chi connectivity index (χ4n) is 1.96. The third kappa shape index (κ3) is 2.58. The van der Waals surface area contributed by atoms with Crippen LogP contribution in [-0.4, -0.2) is 36.5 Å². The van der Waals surface area contributed by atoms with Gasteiger partial charge in [0.1, 0.15) is 5.82 Å². The number of hydrogen-bond acceptors (Lipinski definition) is 2. The first kappa shape index (κ1) is 12.3. The molecule has 1 aliphatic heterocycles. The highest BCUT2D eigenvalue weighted by atomic mass is 35.5. The van der Waals surface area contributed by atoms with Crippen molar-refractivity contribution < 1.29 is 9.18 Å². The van der Waals surface area contributed by atoms with E-state index in [2.05, 4.69) is 5.32 Å². The molecule has 0 aromatic heterocycles. The lowest BCUT2D eigenvalue weighted by Crippen LogP contribution is -2.52. The van der Waals surface area contributed by atoms with Crippen LogP contribution in [0.3, 0.4) is 0 Å². The zero-order valence-electron chi connectivity index (χ0n) is 9.54. The average molecular weight is 257 g/mol. The molecule has 1 amide bonds. The molecule has 1 fully saturated rings. The standard InChI is InChI=1S/C12H14ClFN2O/c1-8-7-15-4-5-16(8)12(17)10-3-2-9(14)6-11(10)13/h2-3,6,8,15H,4-5,7H2,1H3/t8-/m0/s1. The first-order valence-electron chi connectivity index (χ1n) is 5.56. The molecule has 0 spiro atoms. The Balaban J connectivity index is 2.24. The van der Waals surface area contributed by atoms with Crippen LogP contribution in [0.5, 0.6) is 0 Å². The maximum atomic E-state index is 12.9. The molecule has 1 heterocycles. The van der Waals surface area contributed by atoms with E-state index in [9.17, 15) is 9.18 Å². The third-order valence-corrected chi connectivity index (χ3v) is 3.24. The van der Waals surface area contributed by atoms with Gasteiger partial charge >= 0.3 is 0 Å². The molecular formula is C12H14ClFN2O. The van der Waals surface area contributed by atoms with Crippen LogP contribution < -0.4 is 5.32 Å². The quantitative estimate of drug-likeness (QED) is 0.833. The Morgan fingerprint density at radius 2 is 2.35 bits per heavy atom. The molecule has 92 valence electrons. The van der Waals surface area contributed by atoms with Crippen molar-refractivity contribution in [3.63, 3.8) is 0 Å². The number of piperazine rings is 1. The molecule has 1 aliphatic rings. The number of rotatable bonds is 1. The lowest BCUT2D eigenvalue weighted by Gasteiger charge is -2.34. The fraction of sp³-hybridized carbons (Fsp3) is 0.417. The third-order valence-electron chi connectivity index (χ3n) is 2.92. The Labute approximate surface area is 105 Å². The maximum absolute atomic E-state index is 12.9. The van der Waals surface area contributed by atoms with Gasteiger partial charge in [0.25, 0.3) is 5.91 Å².